The van der Waals surface area contributed by atoms with Crippen LogP contribution in [0.1, 0.15) is 33.1 Å². The minimum absolute atomic E-state index is 0.0550. The van der Waals surface area contributed by atoms with Gasteiger partial charge in [0.15, 0.2) is 0 Å². The van der Waals surface area contributed by atoms with E-state index in [4.69, 9.17) is 11.6 Å². The summed E-state index contributed by atoms with van der Waals surface area (Å²) >= 11 is 5.56. The lowest BCUT2D eigenvalue weighted by Gasteiger charge is -2.29. The minimum Gasteiger partial charge on any atom is -0.325 e. The van der Waals surface area contributed by atoms with Crippen molar-refractivity contribution in [2.45, 2.75) is 33.1 Å². The van der Waals surface area contributed by atoms with Crippen LogP contribution in [0, 0.1) is 5.92 Å². The third-order valence-corrected chi connectivity index (χ3v) is 3.97. The molecular weight excluding hydrogens is 288 g/mol. The van der Waals surface area contributed by atoms with Crippen LogP contribution < -0.4 is 5.32 Å². The summed E-state index contributed by atoms with van der Waals surface area (Å²) in [4.78, 5) is 27.7. The predicted octanol–water partition coefficient (Wildman–Crippen LogP) is 2.90. The lowest BCUT2D eigenvalue weighted by molar-refractivity contribution is -0.118. The van der Waals surface area contributed by atoms with E-state index < -0.39 is 0 Å². The number of amides is 2. The van der Waals surface area contributed by atoms with Crippen molar-refractivity contribution in [3.8, 4) is 0 Å². The third kappa shape index (κ3) is 3.50. The van der Waals surface area contributed by atoms with Gasteiger partial charge in [0.25, 0.3) is 5.91 Å². The monoisotopic (exact) mass is 306 g/mol. The van der Waals surface area contributed by atoms with E-state index in [0.717, 1.165) is 16.8 Å². The molecule has 0 aromatic rings. The lowest BCUT2D eigenvalue weighted by atomic mass is 9.84. The highest BCUT2D eigenvalue weighted by Crippen LogP contribution is 2.31. The first kappa shape index (κ1) is 15.7. The Morgan fingerprint density at radius 2 is 2.24 bits per heavy atom. The number of hydrogen-bond acceptors (Lipinski definition) is 2. The number of carbonyl (C=O) groups is 2. The molecule has 21 heavy (non-hydrogen) atoms. The fraction of sp³-hybridized carbons (Fsp3) is 0.438. The molecule has 0 bridgehead atoms. The zero-order valence-electron chi connectivity index (χ0n) is 12.3. The lowest BCUT2D eigenvalue weighted by Crippen LogP contribution is -2.36. The highest BCUT2D eigenvalue weighted by molar-refractivity contribution is 6.18. The van der Waals surface area contributed by atoms with Gasteiger partial charge in [-0.2, -0.15) is 0 Å². The smallest absolute Gasteiger partial charge is 0.251 e. The van der Waals surface area contributed by atoms with Gasteiger partial charge in [0.1, 0.15) is 0 Å². The van der Waals surface area contributed by atoms with Gasteiger partial charge >= 0.3 is 0 Å². The summed E-state index contributed by atoms with van der Waals surface area (Å²) < 4.78 is 0. The molecule has 0 aromatic carbocycles. The molecule has 1 aliphatic heterocycles. The molecule has 2 aliphatic rings. The predicted molar refractivity (Wildman–Crippen MR) is 84.2 cm³/mol. The summed E-state index contributed by atoms with van der Waals surface area (Å²) in [5, 5.41) is 2.90. The number of allylic oxidation sites excluding steroid dienone is 3. The number of fused-ring (bicyclic) bond motifs is 1. The van der Waals surface area contributed by atoms with Crippen LogP contribution in [0.3, 0.4) is 0 Å². The molecule has 0 spiro atoms. The Morgan fingerprint density at radius 3 is 2.90 bits per heavy atom. The van der Waals surface area contributed by atoms with Crippen LogP contribution in [-0.4, -0.2) is 23.4 Å². The van der Waals surface area contributed by atoms with Gasteiger partial charge in [0.2, 0.25) is 5.91 Å². The van der Waals surface area contributed by atoms with Gasteiger partial charge in [0.05, 0.1) is 5.71 Å². The summed E-state index contributed by atoms with van der Waals surface area (Å²) in [6, 6.07) is 0. The summed E-state index contributed by atoms with van der Waals surface area (Å²) in [7, 11) is 0. The zero-order chi connectivity index (χ0) is 15.4. The molecule has 0 saturated heterocycles. The van der Waals surface area contributed by atoms with E-state index in [1.54, 1.807) is 6.08 Å². The average molecular weight is 307 g/mol. The summed E-state index contributed by atoms with van der Waals surface area (Å²) in [6.07, 6.45) is 7.27. The van der Waals surface area contributed by atoms with Crippen molar-refractivity contribution in [3.05, 3.63) is 35.1 Å². The number of nitrogens with one attached hydrogen (secondary N) is 1. The normalized spacial score (nSPS) is 23.0. The number of nitrogens with zero attached hydrogens (tertiary/aromatic N) is 1. The van der Waals surface area contributed by atoms with Crippen LogP contribution in [0.25, 0.3) is 0 Å². The van der Waals surface area contributed by atoms with Gasteiger partial charge in [-0.05, 0) is 31.9 Å². The number of alkyl halides is 1. The number of halogens is 1. The Balaban J connectivity index is 2.21. The number of rotatable bonds is 4. The Bertz CT molecular complexity index is 585. The molecule has 1 N–H and O–H groups in total. The number of aliphatic imine (C=N–C) groups is 1. The van der Waals surface area contributed by atoms with Crippen LogP contribution in [-0.2, 0) is 9.59 Å². The topological polar surface area (TPSA) is 58.5 Å². The molecule has 1 heterocycles. The second kappa shape index (κ2) is 6.85. The molecule has 2 amide bonds. The van der Waals surface area contributed by atoms with Crippen molar-refractivity contribution in [2.24, 2.45) is 10.9 Å². The van der Waals surface area contributed by atoms with Crippen LogP contribution in [0.2, 0.25) is 0 Å². The Labute approximate surface area is 129 Å². The average Bonchev–Trinajstić information content (AvgIpc) is 2.45. The SMILES string of the molecule is CCC1=C(C)C2C=CC(=NC(=O)CCCCl)C=C2NC1=O. The quantitative estimate of drug-likeness (QED) is 0.812. The first-order valence-electron chi connectivity index (χ1n) is 7.15. The second-order valence-electron chi connectivity index (χ2n) is 5.13. The fourth-order valence-corrected chi connectivity index (χ4v) is 2.72. The molecule has 0 radical (unpaired) electrons. The van der Waals surface area contributed by atoms with Crippen LogP contribution in [0.15, 0.2) is 40.1 Å². The maximum absolute atomic E-state index is 12.0. The second-order valence-corrected chi connectivity index (χ2v) is 5.51. The molecule has 0 fully saturated rings. The maximum Gasteiger partial charge on any atom is 0.251 e. The van der Waals surface area contributed by atoms with Crippen LogP contribution in [0.4, 0.5) is 0 Å². The van der Waals surface area contributed by atoms with Crippen molar-refractivity contribution < 1.29 is 9.59 Å². The summed E-state index contributed by atoms with van der Waals surface area (Å²) in [5.41, 5.74) is 3.27. The van der Waals surface area contributed by atoms with Gasteiger partial charge in [-0.15, -0.1) is 11.6 Å². The summed E-state index contributed by atoms with van der Waals surface area (Å²) in [5.74, 6) is 0.291. The standard InChI is InChI=1S/C16H19ClN2O2/c1-3-12-10(2)13-7-6-11(9-14(13)19-16(12)21)18-15(20)5-4-8-17/h6-7,9,13H,3-5,8H2,1-2H3,(H,19,21). The van der Waals surface area contributed by atoms with Gasteiger partial charge in [0, 0.05) is 29.5 Å². The third-order valence-electron chi connectivity index (χ3n) is 3.70. The van der Waals surface area contributed by atoms with Crippen LogP contribution in [0.5, 0.6) is 0 Å². The van der Waals surface area contributed by atoms with Crippen molar-refractivity contribution >= 4 is 29.1 Å². The highest BCUT2D eigenvalue weighted by Gasteiger charge is 2.28. The van der Waals surface area contributed by atoms with Gasteiger partial charge in [-0.25, -0.2) is 4.99 Å². The fourth-order valence-electron chi connectivity index (χ4n) is 2.59. The van der Waals surface area contributed by atoms with Crippen molar-refractivity contribution in [1.29, 1.82) is 0 Å². The van der Waals surface area contributed by atoms with Gasteiger partial charge in [-0.3, -0.25) is 9.59 Å². The Kier molecular flexibility index (Phi) is 5.12. The van der Waals surface area contributed by atoms with Crippen molar-refractivity contribution in [2.75, 3.05) is 5.88 Å². The van der Waals surface area contributed by atoms with E-state index in [9.17, 15) is 9.59 Å². The molecule has 1 aliphatic carbocycles. The molecule has 0 aromatic heterocycles. The first-order chi connectivity index (χ1) is 10.1. The Hall–Kier alpha value is -1.68. The van der Waals surface area contributed by atoms with Crippen molar-refractivity contribution in [3.63, 3.8) is 0 Å². The first-order valence-corrected chi connectivity index (χ1v) is 7.68. The molecular formula is C16H19ClN2O2. The molecule has 1 unspecified atom stereocenters. The van der Waals surface area contributed by atoms with E-state index in [0.29, 0.717) is 30.9 Å². The minimum atomic E-state index is -0.186. The molecule has 4 nitrogen and oxygen atoms in total. The van der Waals surface area contributed by atoms with Gasteiger partial charge in [-0.1, -0.05) is 18.6 Å². The van der Waals surface area contributed by atoms with Gasteiger partial charge < -0.3 is 5.32 Å². The molecule has 112 valence electrons. The molecule has 2 rings (SSSR count). The number of hydrogen-bond donors (Lipinski definition) is 1. The van der Waals surface area contributed by atoms with E-state index in [2.05, 4.69) is 10.3 Å². The number of carbonyl (C=O) groups excluding carboxylic acids is 2. The maximum atomic E-state index is 12.0. The van der Waals surface area contributed by atoms with E-state index in [1.165, 1.54) is 0 Å². The van der Waals surface area contributed by atoms with Crippen molar-refractivity contribution in [1.82, 2.24) is 5.32 Å². The molecule has 0 saturated carbocycles. The largest absolute Gasteiger partial charge is 0.325 e. The molecule has 5 heteroatoms. The van der Waals surface area contributed by atoms with E-state index >= 15 is 0 Å². The molecule has 1 atom stereocenters. The van der Waals surface area contributed by atoms with Crippen LogP contribution >= 0.6 is 11.6 Å². The van der Waals surface area contributed by atoms with E-state index in [-0.39, 0.29) is 17.7 Å². The zero-order valence-corrected chi connectivity index (χ0v) is 13.0. The van der Waals surface area contributed by atoms with E-state index in [1.807, 2.05) is 26.0 Å². The highest BCUT2D eigenvalue weighted by atomic mass is 35.5. The Morgan fingerprint density at radius 1 is 1.48 bits per heavy atom. The summed E-state index contributed by atoms with van der Waals surface area (Å²) in [6.45, 7) is 3.95.